The maximum absolute atomic E-state index is 9.89. The van der Waals surface area contributed by atoms with Gasteiger partial charge in [-0.25, -0.2) is 0 Å². The average molecular weight is 729 g/mol. The molecule has 0 spiro atoms. The molecule has 0 aliphatic rings. The van der Waals surface area contributed by atoms with Crippen LogP contribution >= 0.6 is 0 Å². The first kappa shape index (κ1) is 30.8. The van der Waals surface area contributed by atoms with Gasteiger partial charge in [0.15, 0.2) is 0 Å². The van der Waals surface area contributed by atoms with E-state index in [-0.39, 0.29) is 18.1 Å². The zero-order valence-corrected chi connectivity index (χ0v) is 31.2. The monoisotopic (exact) mass is 728 g/mol. The molecule has 0 aromatic heterocycles. The molecule has 10 aromatic rings. The molecule has 0 saturated carbocycles. The third-order valence-electron chi connectivity index (χ3n) is 10.8. The van der Waals surface area contributed by atoms with Crippen LogP contribution in [0.2, 0.25) is 0 Å². The number of fused-ring (bicyclic) bond motifs is 2. The Labute approximate surface area is 338 Å². The third-order valence-corrected chi connectivity index (χ3v) is 10.8. The van der Waals surface area contributed by atoms with Gasteiger partial charge in [0.05, 0.1) is 9.80 Å². The van der Waals surface area contributed by atoms with Crippen LogP contribution in [0.1, 0.15) is 4.11 Å². The Morgan fingerprint density at radius 1 is 0.316 bits per heavy atom. The molecule has 10 aromatic carbocycles. The van der Waals surface area contributed by atoms with Crippen molar-refractivity contribution >= 4 is 38.6 Å². The van der Waals surface area contributed by atoms with E-state index in [1.54, 1.807) is 0 Å². The van der Waals surface area contributed by atoms with Gasteiger partial charge in [-0.3, -0.25) is 0 Å². The average Bonchev–Trinajstić information content (AvgIpc) is 3.31. The smallest absolute Gasteiger partial charge is 0.0645 e. The van der Waals surface area contributed by atoms with E-state index in [1.807, 2.05) is 66.7 Å². The highest BCUT2D eigenvalue weighted by atomic mass is 15.1. The van der Waals surface area contributed by atoms with Crippen molar-refractivity contribution in [3.8, 4) is 55.6 Å². The van der Waals surface area contributed by atoms with Gasteiger partial charge in [0.1, 0.15) is 0 Å². The van der Waals surface area contributed by atoms with Crippen LogP contribution in [0.5, 0.6) is 0 Å². The van der Waals surface area contributed by atoms with Crippen molar-refractivity contribution in [3.63, 3.8) is 0 Å². The highest BCUT2D eigenvalue weighted by Crippen LogP contribution is 2.45. The van der Waals surface area contributed by atoms with Crippen molar-refractivity contribution < 1.29 is 4.11 Å². The molecule has 268 valence electrons. The van der Waals surface area contributed by atoms with Crippen LogP contribution in [-0.2, 0) is 0 Å². The molecule has 0 heterocycles. The van der Waals surface area contributed by atoms with Crippen LogP contribution in [0.15, 0.2) is 237 Å². The van der Waals surface area contributed by atoms with E-state index >= 15 is 0 Å². The largest absolute Gasteiger partial charge is 0.310 e. The van der Waals surface area contributed by atoms with Gasteiger partial charge in [0.2, 0.25) is 0 Å². The van der Waals surface area contributed by atoms with Gasteiger partial charge >= 0.3 is 0 Å². The molecule has 0 radical (unpaired) electrons. The van der Waals surface area contributed by atoms with Gasteiger partial charge in [0, 0.05) is 16.9 Å². The summed E-state index contributed by atoms with van der Waals surface area (Å²) in [5, 5.41) is 4.68. The molecule has 1 nitrogen and oxygen atoms in total. The highest BCUT2D eigenvalue weighted by molar-refractivity contribution is 6.04. The van der Waals surface area contributed by atoms with E-state index < -0.39 is 0 Å². The summed E-state index contributed by atoms with van der Waals surface area (Å²) in [7, 11) is 0. The molecule has 0 saturated heterocycles. The normalized spacial score (nSPS) is 11.9. The van der Waals surface area contributed by atoms with Crippen molar-refractivity contribution in [1.29, 1.82) is 0 Å². The fourth-order valence-corrected chi connectivity index (χ4v) is 8.05. The Balaban J connectivity index is 1.22. The number of nitrogens with zero attached hydrogens (tertiary/aromatic N) is 1. The summed E-state index contributed by atoms with van der Waals surface area (Å²) >= 11 is 0. The Morgan fingerprint density at radius 3 is 1.61 bits per heavy atom. The van der Waals surface area contributed by atoms with E-state index in [2.05, 4.69) is 157 Å². The van der Waals surface area contributed by atoms with Crippen LogP contribution in [0, 0.1) is 0 Å². The van der Waals surface area contributed by atoms with E-state index in [0.717, 1.165) is 61.1 Å². The lowest BCUT2D eigenvalue weighted by atomic mass is 9.89. The fraction of sp³-hybridized carbons (Fsp3) is 0. The van der Waals surface area contributed by atoms with Crippen LogP contribution in [0.25, 0.3) is 77.2 Å². The number of anilines is 3. The van der Waals surface area contributed by atoms with Crippen LogP contribution in [0.3, 0.4) is 0 Å². The second kappa shape index (κ2) is 15.0. The molecule has 1 heteroatoms. The molecule has 0 amide bonds. The molecule has 0 unspecified atom stereocenters. The summed E-state index contributed by atoms with van der Waals surface area (Å²) in [5.74, 6) is 0. The maximum atomic E-state index is 9.89. The van der Waals surface area contributed by atoms with Crippen LogP contribution in [0.4, 0.5) is 17.1 Å². The summed E-state index contributed by atoms with van der Waals surface area (Å²) in [6.45, 7) is 0. The summed E-state index contributed by atoms with van der Waals surface area (Å²) in [6, 6.07) is 74.9. The lowest BCUT2D eigenvalue weighted by Crippen LogP contribution is -2.11. The molecular formula is C56H39N. The Kier molecular flexibility index (Phi) is 8.10. The lowest BCUT2D eigenvalue weighted by molar-refractivity contribution is 1.28. The number of rotatable bonds is 8. The second-order valence-electron chi connectivity index (χ2n) is 14.2. The minimum atomic E-state index is 0.0105. The molecule has 0 aliphatic carbocycles. The van der Waals surface area contributed by atoms with E-state index in [1.165, 1.54) is 16.3 Å². The van der Waals surface area contributed by atoms with Crippen LogP contribution in [-0.4, -0.2) is 0 Å². The summed E-state index contributed by atoms with van der Waals surface area (Å²) in [4.78, 5) is 2.08. The summed E-state index contributed by atoms with van der Waals surface area (Å²) in [5.41, 5.74) is 11.3. The fourth-order valence-electron chi connectivity index (χ4n) is 8.05. The Morgan fingerprint density at radius 2 is 0.877 bits per heavy atom. The molecule has 10 rings (SSSR count). The SMILES string of the molecule is [2H]c1c([2H])c(N(c2ccc(-c3ccc4ccccc4c3-c3ccccc3)cc2)c2cccc(-c3cccc4ccccc34)c2)c(-c2ccccc2)c([2H])c1-c1ccccc1. The van der Waals surface area contributed by atoms with Crippen molar-refractivity contribution in [2.45, 2.75) is 0 Å². The van der Waals surface area contributed by atoms with Crippen molar-refractivity contribution in [2.75, 3.05) is 4.90 Å². The first-order valence-electron chi connectivity index (χ1n) is 20.9. The zero-order chi connectivity index (χ0) is 40.6. The van der Waals surface area contributed by atoms with E-state index in [9.17, 15) is 4.11 Å². The minimum Gasteiger partial charge on any atom is -0.310 e. The van der Waals surface area contributed by atoms with Gasteiger partial charge in [0.25, 0.3) is 0 Å². The van der Waals surface area contributed by atoms with Gasteiger partial charge in [-0.2, -0.15) is 0 Å². The summed E-state index contributed by atoms with van der Waals surface area (Å²) in [6.07, 6.45) is 0. The maximum Gasteiger partial charge on any atom is 0.0645 e. The first-order valence-corrected chi connectivity index (χ1v) is 19.4. The lowest BCUT2D eigenvalue weighted by Gasteiger charge is -2.29. The molecule has 0 bridgehead atoms. The third kappa shape index (κ3) is 6.56. The predicted molar refractivity (Wildman–Crippen MR) is 243 cm³/mol. The topological polar surface area (TPSA) is 3.24 Å². The Hall–Kier alpha value is -7.48. The standard InChI is InChI=1S/C56H39N/c1-4-16-40(17-5-1)46-33-37-55(54(39-46)42-18-6-2-7-19-42)57(49-26-14-25-47(38-49)51-29-15-24-41-20-10-12-27-50(41)51)48-34-30-44(31-35-48)53-36-32-43-21-11-13-28-52(43)56(53)45-22-8-3-9-23-45/h1-39H/i33D,37D,39D. The second-order valence-corrected chi connectivity index (χ2v) is 14.2. The van der Waals surface area contributed by atoms with Gasteiger partial charge in [-0.1, -0.05) is 200 Å². The highest BCUT2D eigenvalue weighted by Gasteiger charge is 2.20. The molecule has 0 fully saturated rings. The van der Waals surface area contributed by atoms with Gasteiger partial charge in [-0.15, -0.1) is 0 Å². The van der Waals surface area contributed by atoms with Crippen molar-refractivity contribution in [3.05, 3.63) is 237 Å². The number of hydrogen-bond acceptors (Lipinski definition) is 1. The van der Waals surface area contributed by atoms with Gasteiger partial charge < -0.3 is 4.90 Å². The summed E-state index contributed by atoms with van der Waals surface area (Å²) < 4.78 is 29.3. The van der Waals surface area contributed by atoms with E-state index in [4.69, 9.17) is 0 Å². The molecular weight excluding hydrogens is 687 g/mol. The molecule has 0 N–H and O–H groups in total. The zero-order valence-electron chi connectivity index (χ0n) is 34.2. The minimum absolute atomic E-state index is 0.0105. The molecule has 0 atom stereocenters. The predicted octanol–water partition coefficient (Wildman–Crippen LogP) is 15.8. The van der Waals surface area contributed by atoms with Crippen LogP contribution < -0.4 is 4.90 Å². The quantitative estimate of drug-likeness (QED) is 0.151. The number of benzene rings is 10. The van der Waals surface area contributed by atoms with Crippen molar-refractivity contribution in [2.24, 2.45) is 0 Å². The van der Waals surface area contributed by atoms with Crippen molar-refractivity contribution in [1.82, 2.24) is 0 Å². The van der Waals surface area contributed by atoms with E-state index in [0.29, 0.717) is 16.8 Å². The number of hydrogen-bond donors (Lipinski definition) is 0. The van der Waals surface area contributed by atoms with Gasteiger partial charge in [-0.05, 0) is 108 Å². The molecule has 0 aliphatic heterocycles. The first-order chi connectivity index (χ1) is 29.5. The molecule has 57 heavy (non-hydrogen) atoms. The Bertz CT molecular complexity index is 3160.